The van der Waals surface area contributed by atoms with E-state index in [0.29, 0.717) is 37.7 Å². The topological polar surface area (TPSA) is 85.2 Å². The highest BCUT2D eigenvalue weighted by Gasteiger charge is 2.37. The lowest BCUT2D eigenvalue weighted by Gasteiger charge is -2.41. The van der Waals surface area contributed by atoms with Gasteiger partial charge in [-0.15, -0.1) is 0 Å². The normalized spacial score (nSPS) is 19.3. The number of methoxy groups -OCH3 is 2. The second-order valence-electron chi connectivity index (χ2n) is 9.47. The number of hydrogen-bond donors (Lipinski definition) is 0. The lowest BCUT2D eigenvalue weighted by atomic mass is 9.77. The SMILES string of the molecule is CCOC(=O)c1cn2c(cc1=O)-c1cc(OC)c(O[C@@H]3CCOC3)cc1CC2C(C)(C)COC. The maximum absolute atomic E-state index is 12.9. The van der Waals surface area contributed by atoms with Crippen LogP contribution < -0.4 is 14.9 Å². The highest BCUT2D eigenvalue weighted by molar-refractivity contribution is 5.89. The van der Waals surface area contributed by atoms with Gasteiger partial charge in [0.25, 0.3) is 0 Å². The molecule has 0 bridgehead atoms. The summed E-state index contributed by atoms with van der Waals surface area (Å²) in [4.78, 5) is 25.4. The number of nitrogens with zero attached hydrogens (tertiary/aromatic N) is 1. The Hall–Kier alpha value is -2.84. The summed E-state index contributed by atoms with van der Waals surface area (Å²) in [5.74, 6) is 0.643. The number of carbonyl (C=O) groups is 1. The van der Waals surface area contributed by atoms with Crippen LogP contribution in [-0.4, -0.2) is 57.3 Å². The van der Waals surface area contributed by atoms with Gasteiger partial charge in [0.15, 0.2) is 16.9 Å². The first-order valence-electron chi connectivity index (χ1n) is 11.7. The first kappa shape index (κ1) is 24.3. The predicted octanol–water partition coefficient (Wildman–Crippen LogP) is 3.64. The van der Waals surface area contributed by atoms with Crippen LogP contribution in [-0.2, 0) is 20.6 Å². The number of rotatable bonds is 8. The maximum atomic E-state index is 12.9. The molecule has 0 spiro atoms. The van der Waals surface area contributed by atoms with Gasteiger partial charge >= 0.3 is 5.97 Å². The van der Waals surface area contributed by atoms with E-state index in [-0.39, 0.29) is 35.2 Å². The van der Waals surface area contributed by atoms with E-state index in [1.807, 2.05) is 16.7 Å². The molecule has 2 aromatic rings. The first-order chi connectivity index (χ1) is 16.3. The van der Waals surface area contributed by atoms with Crippen molar-refractivity contribution in [3.05, 3.63) is 45.7 Å². The Bertz CT molecular complexity index is 1110. The molecule has 1 fully saturated rings. The Morgan fingerprint density at radius 2 is 2.00 bits per heavy atom. The van der Waals surface area contributed by atoms with Crippen LogP contribution in [0.5, 0.6) is 11.5 Å². The number of benzene rings is 1. The molecule has 0 radical (unpaired) electrons. The summed E-state index contributed by atoms with van der Waals surface area (Å²) in [5, 5.41) is 0. The van der Waals surface area contributed by atoms with E-state index >= 15 is 0 Å². The zero-order valence-corrected chi connectivity index (χ0v) is 20.5. The van der Waals surface area contributed by atoms with Crippen LogP contribution in [0.3, 0.4) is 0 Å². The van der Waals surface area contributed by atoms with Gasteiger partial charge < -0.3 is 28.3 Å². The van der Waals surface area contributed by atoms with Gasteiger partial charge in [-0.05, 0) is 31.0 Å². The van der Waals surface area contributed by atoms with E-state index in [0.717, 1.165) is 23.2 Å². The Morgan fingerprint density at radius 1 is 1.21 bits per heavy atom. The van der Waals surface area contributed by atoms with E-state index < -0.39 is 5.97 Å². The molecule has 0 amide bonds. The average molecular weight is 472 g/mol. The molecule has 34 heavy (non-hydrogen) atoms. The van der Waals surface area contributed by atoms with E-state index in [1.165, 1.54) is 6.07 Å². The Labute approximate surface area is 199 Å². The molecular weight excluding hydrogens is 438 g/mol. The van der Waals surface area contributed by atoms with Gasteiger partial charge in [0, 0.05) is 42.8 Å². The highest BCUT2D eigenvalue weighted by atomic mass is 16.6. The molecule has 184 valence electrons. The number of aromatic nitrogens is 1. The number of esters is 1. The molecule has 2 aliphatic heterocycles. The number of fused-ring (bicyclic) bond motifs is 3. The van der Waals surface area contributed by atoms with Crippen molar-refractivity contribution in [3.8, 4) is 22.8 Å². The quantitative estimate of drug-likeness (QED) is 0.544. The number of pyridine rings is 1. The third kappa shape index (κ3) is 4.57. The molecule has 0 N–H and O–H groups in total. The Kier molecular flexibility index (Phi) is 7.00. The van der Waals surface area contributed by atoms with Crippen LogP contribution in [0.15, 0.2) is 29.2 Å². The third-order valence-electron chi connectivity index (χ3n) is 6.59. The van der Waals surface area contributed by atoms with Gasteiger partial charge in [-0.1, -0.05) is 13.8 Å². The lowest BCUT2D eigenvalue weighted by molar-refractivity contribution is 0.0516. The van der Waals surface area contributed by atoms with Crippen LogP contribution in [0.4, 0.5) is 0 Å². The molecule has 1 aromatic heterocycles. The molecule has 8 heteroatoms. The lowest BCUT2D eigenvalue weighted by Crippen LogP contribution is -2.37. The summed E-state index contributed by atoms with van der Waals surface area (Å²) in [7, 11) is 3.28. The molecule has 4 rings (SSSR count). The zero-order valence-electron chi connectivity index (χ0n) is 20.5. The van der Waals surface area contributed by atoms with E-state index in [4.69, 9.17) is 23.7 Å². The highest BCUT2D eigenvalue weighted by Crippen LogP contribution is 2.46. The molecule has 0 saturated carbocycles. The van der Waals surface area contributed by atoms with Crippen LogP contribution in [0.2, 0.25) is 0 Å². The maximum Gasteiger partial charge on any atom is 0.343 e. The van der Waals surface area contributed by atoms with Crippen LogP contribution >= 0.6 is 0 Å². The largest absolute Gasteiger partial charge is 0.493 e. The molecule has 2 aliphatic rings. The third-order valence-corrected chi connectivity index (χ3v) is 6.59. The van der Waals surface area contributed by atoms with Gasteiger partial charge in [0.1, 0.15) is 11.7 Å². The molecule has 1 unspecified atom stereocenters. The van der Waals surface area contributed by atoms with Gasteiger partial charge in [-0.3, -0.25) is 4.79 Å². The number of hydrogen-bond acceptors (Lipinski definition) is 7. The molecule has 1 aromatic carbocycles. The molecule has 1 saturated heterocycles. The van der Waals surface area contributed by atoms with Crippen molar-refractivity contribution in [2.24, 2.45) is 5.41 Å². The monoisotopic (exact) mass is 471 g/mol. The van der Waals surface area contributed by atoms with E-state index in [9.17, 15) is 9.59 Å². The van der Waals surface area contributed by atoms with Crippen molar-refractivity contribution in [1.82, 2.24) is 4.57 Å². The number of ether oxygens (including phenoxy) is 5. The number of carbonyl (C=O) groups excluding carboxylic acids is 1. The standard InChI is InChI=1S/C26H33NO7/c1-6-33-25(29)19-13-27-20(12-21(19)28)18-11-22(31-5)23(34-17-7-8-32-14-17)9-16(18)10-24(27)26(2,3)15-30-4/h9,11-13,17,24H,6-8,10,14-15H2,1-5H3/t17-,24?/m1/s1. The van der Waals surface area contributed by atoms with E-state index in [1.54, 1.807) is 27.3 Å². The van der Waals surface area contributed by atoms with Crippen molar-refractivity contribution in [2.45, 2.75) is 45.8 Å². The fourth-order valence-electron chi connectivity index (χ4n) is 4.86. The van der Waals surface area contributed by atoms with Crippen molar-refractivity contribution < 1.29 is 28.5 Å². The smallest absolute Gasteiger partial charge is 0.343 e. The Balaban J connectivity index is 1.87. The first-order valence-corrected chi connectivity index (χ1v) is 11.7. The molecule has 0 aliphatic carbocycles. The second-order valence-corrected chi connectivity index (χ2v) is 9.47. The second kappa shape index (κ2) is 9.80. The summed E-state index contributed by atoms with van der Waals surface area (Å²) in [6.07, 6.45) is 3.12. The van der Waals surface area contributed by atoms with E-state index in [2.05, 4.69) is 13.8 Å². The van der Waals surface area contributed by atoms with Crippen LogP contribution in [0, 0.1) is 5.41 Å². The van der Waals surface area contributed by atoms with Gasteiger partial charge in [-0.2, -0.15) is 0 Å². The van der Waals surface area contributed by atoms with Crippen molar-refractivity contribution in [1.29, 1.82) is 0 Å². The van der Waals surface area contributed by atoms with Crippen molar-refractivity contribution in [2.75, 3.05) is 40.6 Å². The summed E-state index contributed by atoms with van der Waals surface area (Å²) in [6, 6.07) is 5.37. The average Bonchev–Trinajstić information content (AvgIpc) is 3.31. The molecular formula is C26H33NO7. The molecule has 3 heterocycles. The van der Waals surface area contributed by atoms with Crippen LogP contribution in [0.25, 0.3) is 11.3 Å². The summed E-state index contributed by atoms with van der Waals surface area (Å²) in [5.41, 5.74) is 2.02. The van der Waals surface area contributed by atoms with Gasteiger partial charge in [-0.25, -0.2) is 4.79 Å². The van der Waals surface area contributed by atoms with Crippen molar-refractivity contribution in [3.63, 3.8) is 0 Å². The summed E-state index contributed by atoms with van der Waals surface area (Å²) < 4.78 is 30.0. The molecule has 2 atom stereocenters. The summed E-state index contributed by atoms with van der Waals surface area (Å²) >= 11 is 0. The predicted molar refractivity (Wildman–Crippen MR) is 127 cm³/mol. The molecule has 8 nitrogen and oxygen atoms in total. The fourth-order valence-corrected chi connectivity index (χ4v) is 4.86. The minimum Gasteiger partial charge on any atom is -0.493 e. The minimum absolute atomic E-state index is 0.0155. The summed E-state index contributed by atoms with van der Waals surface area (Å²) in [6.45, 7) is 7.91. The van der Waals surface area contributed by atoms with Crippen molar-refractivity contribution >= 4 is 5.97 Å². The van der Waals surface area contributed by atoms with Gasteiger partial charge in [0.05, 0.1) is 39.2 Å². The fraction of sp³-hybridized carbons (Fsp3) is 0.538. The zero-order chi connectivity index (χ0) is 24.5. The van der Waals surface area contributed by atoms with Gasteiger partial charge in [0.2, 0.25) is 0 Å². The van der Waals surface area contributed by atoms with Crippen LogP contribution in [0.1, 0.15) is 49.2 Å². The Morgan fingerprint density at radius 3 is 2.65 bits per heavy atom. The minimum atomic E-state index is -0.614.